The third kappa shape index (κ3) is 4.82. The Bertz CT molecular complexity index is 897. The minimum Gasteiger partial charge on any atom is -0.497 e. The van der Waals surface area contributed by atoms with Crippen LogP contribution in [0.5, 0.6) is 5.75 Å². The number of amides is 1. The van der Waals surface area contributed by atoms with Crippen LogP contribution in [0.4, 0.5) is 0 Å². The predicted molar refractivity (Wildman–Crippen MR) is 118 cm³/mol. The topological polar surface area (TPSA) is 51.5 Å². The van der Waals surface area contributed by atoms with E-state index in [0.717, 1.165) is 61.7 Å². The van der Waals surface area contributed by atoms with Crippen LogP contribution in [0, 0.1) is 0 Å². The third-order valence-electron chi connectivity index (χ3n) is 6.05. The first-order valence-corrected chi connectivity index (χ1v) is 11.1. The van der Waals surface area contributed by atoms with E-state index in [-0.39, 0.29) is 18.0 Å². The number of rotatable bonds is 9. The molecule has 5 heteroatoms. The molecule has 1 aliphatic carbocycles. The van der Waals surface area contributed by atoms with E-state index in [1.54, 1.807) is 11.7 Å². The Balaban J connectivity index is 2.04. The molecule has 0 aliphatic heterocycles. The molecule has 1 amide bonds. The average Bonchev–Trinajstić information content (AvgIpc) is 3.27. The van der Waals surface area contributed by atoms with Gasteiger partial charge in [-0.3, -0.25) is 14.2 Å². The predicted octanol–water partition coefficient (Wildman–Crippen LogP) is 4.71. The molecule has 0 atom stereocenters. The zero-order valence-electron chi connectivity index (χ0n) is 18.1. The number of methoxy groups -OCH3 is 1. The van der Waals surface area contributed by atoms with Crippen molar-refractivity contribution in [1.82, 2.24) is 9.47 Å². The normalized spacial score (nSPS) is 14.4. The largest absolute Gasteiger partial charge is 0.497 e. The van der Waals surface area contributed by atoms with Crippen molar-refractivity contribution in [1.29, 1.82) is 0 Å². The number of pyridine rings is 1. The van der Waals surface area contributed by atoms with E-state index >= 15 is 0 Å². The van der Waals surface area contributed by atoms with E-state index in [4.69, 9.17) is 4.74 Å². The summed E-state index contributed by atoms with van der Waals surface area (Å²) in [6.45, 7) is 5.79. The van der Waals surface area contributed by atoms with E-state index in [2.05, 4.69) is 13.8 Å². The Morgan fingerprint density at radius 1 is 1.14 bits per heavy atom. The molecule has 0 unspecified atom stereocenters. The van der Waals surface area contributed by atoms with Crippen LogP contribution in [0.3, 0.4) is 0 Å². The summed E-state index contributed by atoms with van der Waals surface area (Å²) >= 11 is 0. The van der Waals surface area contributed by atoms with Crippen molar-refractivity contribution in [2.24, 2.45) is 0 Å². The van der Waals surface area contributed by atoms with Gasteiger partial charge in [0.15, 0.2) is 0 Å². The molecular formula is C24H34N2O3. The Morgan fingerprint density at radius 3 is 2.55 bits per heavy atom. The summed E-state index contributed by atoms with van der Waals surface area (Å²) in [6.07, 6.45) is 7.41. The number of hydrogen-bond donors (Lipinski definition) is 0. The molecule has 1 aromatic heterocycles. The molecule has 1 aliphatic rings. The van der Waals surface area contributed by atoms with Gasteiger partial charge in [-0.1, -0.05) is 33.1 Å². The van der Waals surface area contributed by atoms with Gasteiger partial charge in [0.1, 0.15) is 12.3 Å². The fraction of sp³-hybridized carbons (Fsp3) is 0.583. The standard InChI is InChI=1S/C24H34N2O3/c1-4-6-14-25(13-5-2)23(27)17-26-22-16-20(29-3)12-11-19(22)15-21(24(26)28)18-9-7-8-10-18/h11-12,15-16,18H,4-10,13-14,17H2,1-3H3. The van der Waals surface area contributed by atoms with E-state index < -0.39 is 0 Å². The van der Waals surface area contributed by atoms with Crippen molar-refractivity contribution in [2.45, 2.75) is 71.3 Å². The molecule has 1 heterocycles. The summed E-state index contributed by atoms with van der Waals surface area (Å²) in [7, 11) is 1.62. The highest BCUT2D eigenvalue weighted by Crippen LogP contribution is 2.34. The third-order valence-corrected chi connectivity index (χ3v) is 6.05. The second-order valence-corrected chi connectivity index (χ2v) is 8.13. The highest BCUT2D eigenvalue weighted by atomic mass is 16.5. The molecule has 1 aromatic carbocycles. The maximum atomic E-state index is 13.5. The lowest BCUT2D eigenvalue weighted by Crippen LogP contribution is -2.38. The van der Waals surface area contributed by atoms with Gasteiger partial charge in [-0.2, -0.15) is 0 Å². The molecular weight excluding hydrogens is 364 g/mol. The van der Waals surface area contributed by atoms with Gasteiger partial charge in [0.2, 0.25) is 5.91 Å². The van der Waals surface area contributed by atoms with Crippen molar-refractivity contribution in [3.05, 3.63) is 40.2 Å². The zero-order valence-corrected chi connectivity index (χ0v) is 18.1. The highest BCUT2D eigenvalue weighted by molar-refractivity contribution is 5.84. The number of nitrogens with zero attached hydrogens (tertiary/aromatic N) is 2. The number of carbonyl (C=O) groups excluding carboxylic acids is 1. The number of hydrogen-bond acceptors (Lipinski definition) is 3. The summed E-state index contributed by atoms with van der Waals surface area (Å²) in [5.74, 6) is 1.03. The molecule has 0 N–H and O–H groups in total. The number of benzene rings is 1. The molecule has 0 saturated heterocycles. The van der Waals surface area contributed by atoms with Crippen molar-refractivity contribution >= 4 is 16.8 Å². The maximum absolute atomic E-state index is 13.5. The average molecular weight is 399 g/mol. The van der Waals surface area contributed by atoms with Crippen LogP contribution in [0.15, 0.2) is 29.1 Å². The van der Waals surface area contributed by atoms with Crippen molar-refractivity contribution in [3.8, 4) is 5.75 Å². The molecule has 1 fully saturated rings. The van der Waals surface area contributed by atoms with Gasteiger partial charge in [-0.05, 0) is 55.2 Å². The van der Waals surface area contributed by atoms with Crippen LogP contribution in [0.2, 0.25) is 0 Å². The molecule has 0 radical (unpaired) electrons. The molecule has 1 saturated carbocycles. The van der Waals surface area contributed by atoms with Crippen molar-refractivity contribution in [3.63, 3.8) is 0 Å². The molecule has 158 valence electrons. The number of ether oxygens (including phenoxy) is 1. The van der Waals surface area contributed by atoms with Gasteiger partial charge in [-0.15, -0.1) is 0 Å². The first-order valence-electron chi connectivity index (χ1n) is 11.1. The van der Waals surface area contributed by atoms with Crippen LogP contribution in [0.1, 0.15) is 70.3 Å². The molecule has 3 rings (SSSR count). The quantitative estimate of drug-likeness (QED) is 0.615. The van der Waals surface area contributed by atoms with Crippen LogP contribution < -0.4 is 10.3 Å². The highest BCUT2D eigenvalue weighted by Gasteiger charge is 2.23. The SMILES string of the molecule is CCCCN(CCC)C(=O)Cn1c(=O)c(C2CCCC2)cc2ccc(OC)cc21. The van der Waals surface area contributed by atoms with Gasteiger partial charge < -0.3 is 9.64 Å². The molecule has 2 aromatic rings. The minimum absolute atomic E-state index is 0.0158. The van der Waals surface area contributed by atoms with Gasteiger partial charge in [0.05, 0.1) is 12.6 Å². The van der Waals surface area contributed by atoms with E-state index in [1.165, 1.54) is 12.8 Å². The van der Waals surface area contributed by atoms with Gasteiger partial charge in [-0.25, -0.2) is 0 Å². The summed E-state index contributed by atoms with van der Waals surface area (Å²) < 4.78 is 7.06. The lowest BCUT2D eigenvalue weighted by atomic mass is 9.97. The summed E-state index contributed by atoms with van der Waals surface area (Å²) in [4.78, 5) is 28.5. The zero-order chi connectivity index (χ0) is 20.8. The Kier molecular flexibility index (Phi) is 7.34. The van der Waals surface area contributed by atoms with E-state index in [9.17, 15) is 9.59 Å². The monoisotopic (exact) mass is 398 g/mol. The maximum Gasteiger partial charge on any atom is 0.255 e. The van der Waals surface area contributed by atoms with E-state index in [0.29, 0.717) is 11.7 Å². The second-order valence-electron chi connectivity index (χ2n) is 8.13. The second kappa shape index (κ2) is 9.95. The van der Waals surface area contributed by atoms with Crippen LogP contribution >= 0.6 is 0 Å². The first-order chi connectivity index (χ1) is 14.1. The Morgan fingerprint density at radius 2 is 1.90 bits per heavy atom. The molecule has 0 spiro atoms. The summed E-state index contributed by atoms with van der Waals surface area (Å²) in [5.41, 5.74) is 1.62. The first kappa shape index (κ1) is 21.4. The van der Waals surface area contributed by atoms with E-state index in [1.807, 2.05) is 29.2 Å². The molecule has 0 bridgehead atoms. The van der Waals surface area contributed by atoms with Gasteiger partial charge in [0.25, 0.3) is 5.56 Å². The van der Waals surface area contributed by atoms with Crippen molar-refractivity contribution < 1.29 is 9.53 Å². The fourth-order valence-electron chi connectivity index (χ4n) is 4.40. The number of carbonyl (C=O) groups is 1. The molecule has 29 heavy (non-hydrogen) atoms. The van der Waals surface area contributed by atoms with Crippen LogP contribution in [0.25, 0.3) is 10.9 Å². The Hall–Kier alpha value is -2.30. The minimum atomic E-state index is -0.0158. The molecule has 5 nitrogen and oxygen atoms in total. The number of aromatic nitrogens is 1. The number of unbranched alkanes of at least 4 members (excludes halogenated alkanes) is 1. The Labute approximate surface area is 173 Å². The summed E-state index contributed by atoms with van der Waals surface area (Å²) in [5, 5.41) is 0.996. The summed E-state index contributed by atoms with van der Waals surface area (Å²) in [6, 6.07) is 7.82. The van der Waals surface area contributed by atoms with Crippen molar-refractivity contribution in [2.75, 3.05) is 20.2 Å². The fourth-order valence-corrected chi connectivity index (χ4v) is 4.40. The van der Waals surface area contributed by atoms with Crippen LogP contribution in [-0.2, 0) is 11.3 Å². The van der Waals surface area contributed by atoms with Gasteiger partial charge >= 0.3 is 0 Å². The van der Waals surface area contributed by atoms with Gasteiger partial charge in [0, 0.05) is 24.7 Å². The lowest BCUT2D eigenvalue weighted by Gasteiger charge is -2.23. The van der Waals surface area contributed by atoms with Crippen LogP contribution in [-0.4, -0.2) is 35.6 Å². The number of fused-ring (bicyclic) bond motifs is 1. The lowest BCUT2D eigenvalue weighted by molar-refractivity contribution is -0.132. The smallest absolute Gasteiger partial charge is 0.255 e.